The fourth-order valence-corrected chi connectivity index (χ4v) is 6.40. The molecule has 3 amide bonds. The minimum Gasteiger partial charge on any atom is -0.354 e. The number of halogens is 2. The molecule has 1 aliphatic rings. The smallest absolute Gasteiger partial charge is 0.331 e. The van der Waals surface area contributed by atoms with Crippen LogP contribution in [-0.2, 0) is 14.8 Å². The molecule has 1 fully saturated rings. The van der Waals surface area contributed by atoms with Crippen molar-refractivity contribution in [2.75, 3.05) is 39.3 Å². The number of likely N-dealkylation sites (N-methyl/N-ethyl adjacent to an activating group) is 1. The Bertz CT molecular complexity index is 911. The zero-order valence-corrected chi connectivity index (χ0v) is 22.0. The van der Waals surface area contributed by atoms with Crippen molar-refractivity contribution in [3.05, 3.63) is 22.7 Å². The van der Waals surface area contributed by atoms with Gasteiger partial charge in [0.15, 0.2) is 0 Å². The average Bonchev–Trinajstić information content (AvgIpc) is 3.18. The molecule has 0 aromatic heterocycles. The van der Waals surface area contributed by atoms with Gasteiger partial charge in [-0.2, -0.15) is 0 Å². The number of hydrogen-bond donors (Lipinski definition) is 2. The van der Waals surface area contributed by atoms with E-state index in [0.29, 0.717) is 28.4 Å². The Balaban J connectivity index is 0.00000512. The quantitative estimate of drug-likeness (QED) is 0.429. The van der Waals surface area contributed by atoms with Crippen LogP contribution in [0.5, 0.6) is 0 Å². The second-order valence-electron chi connectivity index (χ2n) is 7.19. The first-order valence-corrected chi connectivity index (χ1v) is 13.1. The summed E-state index contributed by atoms with van der Waals surface area (Å²) in [6.07, 6.45) is 0.511. The fourth-order valence-electron chi connectivity index (χ4n) is 3.20. The van der Waals surface area contributed by atoms with Crippen LogP contribution < -0.4 is 10.6 Å². The molecule has 0 aliphatic carbocycles. The Hall–Kier alpha value is -1.20. The predicted octanol–water partition coefficient (Wildman–Crippen LogP) is 3.11. The van der Waals surface area contributed by atoms with Crippen molar-refractivity contribution in [3.8, 4) is 0 Å². The zero-order chi connectivity index (χ0) is 23.2. The molecule has 32 heavy (non-hydrogen) atoms. The third-order valence-electron chi connectivity index (χ3n) is 5.16. The fraction of sp³-hybridized carbons (Fsp3) is 0.600. The van der Waals surface area contributed by atoms with E-state index >= 15 is 0 Å². The van der Waals surface area contributed by atoms with Crippen molar-refractivity contribution in [2.45, 2.75) is 49.2 Å². The summed E-state index contributed by atoms with van der Waals surface area (Å²) in [6.45, 7) is 11.1. The molecule has 1 aromatic rings. The highest BCUT2D eigenvalue weighted by atomic mass is 35.5. The number of nitrogens with one attached hydrogen (secondary N) is 2. The second-order valence-corrected chi connectivity index (χ2v) is 10.7. The maximum Gasteiger partial charge on any atom is 0.331 e. The van der Waals surface area contributed by atoms with Crippen molar-refractivity contribution in [3.63, 3.8) is 0 Å². The molecule has 2 rings (SSSR count). The third-order valence-corrected chi connectivity index (χ3v) is 8.95. The number of nitrogens with zero attached hydrogens (tertiary/aromatic N) is 2. The van der Waals surface area contributed by atoms with Gasteiger partial charge in [-0.15, -0.1) is 24.2 Å². The Morgan fingerprint density at radius 3 is 2.50 bits per heavy atom. The van der Waals surface area contributed by atoms with E-state index in [0.717, 1.165) is 35.7 Å². The van der Waals surface area contributed by atoms with Crippen molar-refractivity contribution in [1.29, 1.82) is 0 Å². The van der Waals surface area contributed by atoms with Gasteiger partial charge < -0.3 is 15.5 Å². The summed E-state index contributed by atoms with van der Waals surface area (Å²) in [5, 5.41) is 5.37. The van der Waals surface area contributed by atoms with Gasteiger partial charge in [-0.05, 0) is 44.1 Å². The summed E-state index contributed by atoms with van der Waals surface area (Å²) in [5.41, 5.74) is 0.584. The zero-order valence-electron chi connectivity index (χ0n) is 18.8. The topological polar surface area (TPSA) is 98.8 Å². The number of sulfonamides is 1. The maximum absolute atomic E-state index is 13.2. The summed E-state index contributed by atoms with van der Waals surface area (Å²) >= 11 is 7.43. The van der Waals surface area contributed by atoms with Crippen LogP contribution in [0.1, 0.15) is 32.8 Å². The van der Waals surface area contributed by atoms with Crippen LogP contribution in [0.15, 0.2) is 21.9 Å². The lowest BCUT2D eigenvalue weighted by atomic mass is 10.2. The van der Waals surface area contributed by atoms with E-state index in [4.69, 9.17) is 11.6 Å². The van der Waals surface area contributed by atoms with E-state index in [1.165, 1.54) is 6.07 Å². The van der Waals surface area contributed by atoms with E-state index in [1.54, 1.807) is 13.0 Å². The first-order valence-electron chi connectivity index (χ1n) is 10.4. The molecule has 2 N–H and O–H groups in total. The summed E-state index contributed by atoms with van der Waals surface area (Å²) in [6, 6.07) is 2.38. The summed E-state index contributed by atoms with van der Waals surface area (Å²) in [5.74, 6) is -0.154. The molecule has 1 unspecified atom stereocenters. The van der Waals surface area contributed by atoms with E-state index in [-0.39, 0.29) is 36.3 Å². The first-order chi connectivity index (χ1) is 14.6. The maximum atomic E-state index is 13.2. The van der Waals surface area contributed by atoms with Crippen LogP contribution in [0.2, 0.25) is 5.02 Å². The van der Waals surface area contributed by atoms with Crippen LogP contribution in [-0.4, -0.2) is 74.1 Å². The van der Waals surface area contributed by atoms with E-state index in [2.05, 4.69) is 29.4 Å². The van der Waals surface area contributed by atoms with Gasteiger partial charge in [0.1, 0.15) is 4.90 Å². The molecule has 12 heteroatoms. The van der Waals surface area contributed by atoms with Crippen LogP contribution in [0.4, 0.5) is 4.79 Å². The molecule has 182 valence electrons. The highest BCUT2D eigenvalue weighted by molar-refractivity contribution is 8.01. The molecule has 0 radical (unpaired) electrons. The monoisotopic (exact) mass is 526 g/mol. The summed E-state index contributed by atoms with van der Waals surface area (Å²) < 4.78 is 27.2. The number of amides is 3. The molecular formula is C20H32Cl2N4O4S2. The van der Waals surface area contributed by atoms with Crippen molar-refractivity contribution in [1.82, 2.24) is 19.8 Å². The number of rotatable bonds is 11. The largest absolute Gasteiger partial charge is 0.354 e. The molecule has 8 nitrogen and oxygen atoms in total. The van der Waals surface area contributed by atoms with E-state index in [9.17, 15) is 18.0 Å². The number of hydrogen-bond acceptors (Lipinski definition) is 6. The first kappa shape index (κ1) is 28.8. The average molecular weight is 528 g/mol. The van der Waals surface area contributed by atoms with Crippen molar-refractivity contribution < 1.29 is 18.0 Å². The van der Waals surface area contributed by atoms with E-state index in [1.807, 2.05) is 6.92 Å². The van der Waals surface area contributed by atoms with Crippen LogP contribution in [0, 0.1) is 6.92 Å². The van der Waals surface area contributed by atoms with Crippen molar-refractivity contribution >= 4 is 57.7 Å². The molecule has 1 aliphatic heterocycles. The minimum atomic E-state index is -4.07. The third kappa shape index (κ3) is 6.90. The Kier molecular flexibility index (Phi) is 11.6. The van der Waals surface area contributed by atoms with Gasteiger partial charge in [0.2, 0.25) is 5.91 Å². The van der Waals surface area contributed by atoms with Crippen molar-refractivity contribution in [2.24, 2.45) is 0 Å². The van der Waals surface area contributed by atoms with Gasteiger partial charge in [0, 0.05) is 29.6 Å². The van der Waals surface area contributed by atoms with Gasteiger partial charge in [0.05, 0.1) is 11.8 Å². The van der Waals surface area contributed by atoms with E-state index < -0.39 is 21.3 Å². The SMILES string of the molecule is CCC(Sc1cc(Cl)c(C)cc1S(=O)(=O)N1CCNC1=O)C(=O)NCCN(CC)CC.Cl. The molecule has 1 atom stereocenters. The number of carbonyl (C=O) groups is 2. The normalized spacial score (nSPS) is 14.8. The van der Waals surface area contributed by atoms with Gasteiger partial charge in [0.25, 0.3) is 10.0 Å². The second kappa shape index (κ2) is 12.9. The number of urea groups is 1. The Morgan fingerprint density at radius 2 is 1.97 bits per heavy atom. The van der Waals surface area contributed by atoms with Gasteiger partial charge in [-0.1, -0.05) is 32.4 Å². The molecule has 0 bridgehead atoms. The standard InChI is InChI=1S/C20H31ClN4O4S2.ClH/c1-5-16(19(26)22-8-10-24(6-2)7-3)30-17-13-15(21)14(4)12-18(17)31(28,29)25-11-9-23-20(25)27;/h12-13,16H,5-11H2,1-4H3,(H,22,26)(H,23,27);1H. The lowest BCUT2D eigenvalue weighted by Crippen LogP contribution is -2.38. The lowest BCUT2D eigenvalue weighted by molar-refractivity contribution is -0.120. The number of thioether (sulfide) groups is 1. The van der Waals surface area contributed by atoms with Crippen LogP contribution in [0.25, 0.3) is 0 Å². The Labute approximate surface area is 206 Å². The number of carbonyl (C=O) groups excluding carboxylic acids is 2. The number of benzene rings is 1. The highest BCUT2D eigenvalue weighted by Gasteiger charge is 2.35. The van der Waals surface area contributed by atoms with Crippen LogP contribution in [0.3, 0.4) is 0 Å². The lowest BCUT2D eigenvalue weighted by Gasteiger charge is -2.22. The Morgan fingerprint density at radius 1 is 1.31 bits per heavy atom. The highest BCUT2D eigenvalue weighted by Crippen LogP contribution is 2.36. The molecular weight excluding hydrogens is 495 g/mol. The van der Waals surface area contributed by atoms with Gasteiger partial charge in [-0.25, -0.2) is 17.5 Å². The molecule has 0 spiro atoms. The molecule has 1 heterocycles. The molecule has 1 saturated heterocycles. The summed E-state index contributed by atoms with van der Waals surface area (Å²) in [4.78, 5) is 27.3. The van der Waals surface area contributed by atoms with Crippen LogP contribution >= 0.6 is 35.8 Å². The summed E-state index contributed by atoms with van der Waals surface area (Å²) in [7, 11) is -4.07. The predicted molar refractivity (Wildman–Crippen MR) is 131 cm³/mol. The minimum absolute atomic E-state index is 0. The number of aryl methyl sites for hydroxylation is 1. The molecule has 1 aromatic carbocycles. The van der Waals surface area contributed by atoms with Gasteiger partial charge in [-0.3, -0.25) is 4.79 Å². The molecule has 0 saturated carbocycles. The van der Waals surface area contributed by atoms with Gasteiger partial charge >= 0.3 is 6.03 Å².